The van der Waals surface area contributed by atoms with Crippen molar-refractivity contribution in [3.8, 4) is 0 Å². The Morgan fingerprint density at radius 2 is 2.14 bits per heavy atom. The predicted molar refractivity (Wildman–Crippen MR) is 61.6 cm³/mol. The molecular formula is C10H13N3S. The zero-order chi connectivity index (χ0) is 9.97. The van der Waals surface area contributed by atoms with E-state index in [0.29, 0.717) is 4.99 Å². The Bertz CT molecular complexity index is 345. The minimum atomic E-state index is 0.453. The summed E-state index contributed by atoms with van der Waals surface area (Å²) >= 11 is 5.01. The smallest absolute Gasteiger partial charge is 0.106 e. The number of rotatable bonds is 2. The molecule has 1 saturated heterocycles. The minimum Gasteiger partial charge on any atom is -0.389 e. The molecule has 1 aliphatic rings. The van der Waals surface area contributed by atoms with E-state index in [2.05, 4.69) is 9.88 Å². The molecule has 0 amide bonds. The van der Waals surface area contributed by atoms with E-state index >= 15 is 0 Å². The van der Waals surface area contributed by atoms with Crippen molar-refractivity contribution in [1.29, 1.82) is 0 Å². The molecule has 0 unspecified atom stereocenters. The van der Waals surface area contributed by atoms with E-state index in [1.165, 1.54) is 12.8 Å². The topological polar surface area (TPSA) is 42.1 Å². The molecule has 1 aromatic heterocycles. The van der Waals surface area contributed by atoms with Gasteiger partial charge in [-0.15, -0.1) is 0 Å². The summed E-state index contributed by atoms with van der Waals surface area (Å²) in [6.07, 6.45) is 6.06. The molecule has 1 aliphatic heterocycles. The Hall–Kier alpha value is -1.16. The predicted octanol–water partition coefficient (Wildman–Crippen LogP) is 1.32. The lowest BCUT2D eigenvalue weighted by Gasteiger charge is -2.19. The van der Waals surface area contributed by atoms with Crippen molar-refractivity contribution in [3.05, 3.63) is 24.0 Å². The van der Waals surface area contributed by atoms with Gasteiger partial charge in [0.1, 0.15) is 4.99 Å². The first-order chi connectivity index (χ1) is 6.79. The van der Waals surface area contributed by atoms with Crippen LogP contribution in [0.4, 0.5) is 5.69 Å². The van der Waals surface area contributed by atoms with Gasteiger partial charge < -0.3 is 10.6 Å². The van der Waals surface area contributed by atoms with Crippen LogP contribution in [-0.4, -0.2) is 23.1 Å². The summed E-state index contributed by atoms with van der Waals surface area (Å²) < 4.78 is 0. The lowest BCUT2D eigenvalue weighted by molar-refractivity contribution is 0.949. The Labute approximate surface area is 88.9 Å². The number of nitrogens with zero attached hydrogens (tertiary/aromatic N) is 2. The highest BCUT2D eigenvalue weighted by Crippen LogP contribution is 2.23. The number of hydrogen-bond acceptors (Lipinski definition) is 3. The first kappa shape index (κ1) is 9.40. The van der Waals surface area contributed by atoms with E-state index in [-0.39, 0.29) is 0 Å². The number of pyridine rings is 1. The first-order valence-corrected chi connectivity index (χ1v) is 5.18. The summed E-state index contributed by atoms with van der Waals surface area (Å²) in [6, 6.07) is 1.88. The second-order valence-corrected chi connectivity index (χ2v) is 3.89. The van der Waals surface area contributed by atoms with Gasteiger partial charge in [-0.05, 0) is 18.9 Å². The van der Waals surface area contributed by atoms with Crippen LogP contribution < -0.4 is 10.6 Å². The lowest BCUT2D eigenvalue weighted by Crippen LogP contribution is -2.22. The van der Waals surface area contributed by atoms with Gasteiger partial charge in [-0.3, -0.25) is 4.98 Å². The summed E-state index contributed by atoms with van der Waals surface area (Å²) in [5.41, 5.74) is 7.68. The van der Waals surface area contributed by atoms with Gasteiger partial charge in [0.15, 0.2) is 0 Å². The molecule has 0 spiro atoms. The molecule has 2 rings (SSSR count). The third-order valence-electron chi connectivity index (χ3n) is 2.51. The summed E-state index contributed by atoms with van der Waals surface area (Å²) in [5.74, 6) is 0. The molecule has 1 fully saturated rings. The second kappa shape index (κ2) is 3.92. The van der Waals surface area contributed by atoms with Crippen molar-refractivity contribution in [1.82, 2.24) is 4.98 Å². The Balaban J connectivity index is 2.35. The summed E-state index contributed by atoms with van der Waals surface area (Å²) in [6.45, 7) is 2.17. The van der Waals surface area contributed by atoms with Gasteiger partial charge in [0.05, 0.1) is 11.9 Å². The lowest BCUT2D eigenvalue weighted by atomic mass is 10.2. The summed E-state index contributed by atoms with van der Waals surface area (Å²) in [4.78, 5) is 6.86. The van der Waals surface area contributed by atoms with Crippen LogP contribution in [0.3, 0.4) is 0 Å². The number of aromatic nitrogens is 1. The van der Waals surface area contributed by atoms with Crippen LogP contribution in [0.15, 0.2) is 18.5 Å². The number of nitrogens with two attached hydrogens (primary N) is 1. The van der Waals surface area contributed by atoms with Crippen molar-refractivity contribution in [3.63, 3.8) is 0 Å². The highest BCUT2D eigenvalue weighted by molar-refractivity contribution is 7.80. The molecule has 0 atom stereocenters. The summed E-state index contributed by atoms with van der Waals surface area (Å²) in [7, 11) is 0. The van der Waals surface area contributed by atoms with Crippen LogP contribution in [0.2, 0.25) is 0 Å². The first-order valence-electron chi connectivity index (χ1n) is 4.78. The largest absolute Gasteiger partial charge is 0.389 e. The van der Waals surface area contributed by atoms with Crippen molar-refractivity contribution in [2.45, 2.75) is 12.8 Å². The second-order valence-electron chi connectivity index (χ2n) is 3.45. The van der Waals surface area contributed by atoms with Crippen LogP contribution in [-0.2, 0) is 0 Å². The summed E-state index contributed by atoms with van der Waals surface area (Å²) in [5, 5.41) is 0. The van der Waals surface area contributed by atoms with E-state index in [4.69, 9.17) is 18.0 Å². The molecule has 74 valence electrons. The molecular weight excluding hydrogens is 194 g/mol. The molecule has 1 aromatic rings. The van der Waals surface area contributed by atoms with E-state index in [1.54, 1.807) is 6.20 Å². The molecule has 0 radical (unpaired) electrons. The molecule has 4 heteroatoms. The maximum atomic E-state index is 5.66. The van der Waals surface area contributed by atoms with Gasteiger partial charge in [-0.2, -0.15) is 0 Å². The molecule has 2 heterocycles. The normalized spacial score (nSPS) is 15.9. The SMILES string of the molecule is NC(=S)c1ccncc1N1CCCC1. The minimum absolute atomic E-state index is 0.453. The maximum absolute atomic E-state index is 5.66. The van der Waals surface area contributed by atoms with E-state index in [1.807, 2.05) is 12.3 Å². The number of hydrogen-bond donors (Lipinski definition) is 1. The fourth-order valence-corrected chi connectivity index (χ4v) is 1.98. The zero-order valence-corrected chi connectivity index (χ0v) is 8.76. The number of thiocarbonyl (C=S) groups is 1. The maximum Gasteiger partial charge on any atom is 0.106 e. The van der Waals surface area contributed by atoms with Gasteiger partial charge in [-0.25, -0.2) is 0 Å². The zero-order valence-electron chi connectivity index (χ0n) is 7.94. The average Bonchev–Trinajstić information content (AvgIpc) is 2.70. The van der Waals surface area contributed by atoms with Crippen LogP contribution >= 0.6 is 12.2 Å². The Kier molecular flexibility index (Phi) is 2.63. The van der Waals surface area contributed by atoms with Gasteiger partial charge in [0.25, 0.3) is 0 Å². The Morgan fingerprint density at radius 1 is 1.43 bits per heavy atom. The standard InChI is InChI=1S/C10H13N3S/c11-10(14)8-3-4-12-7-9(8)13-5-1-2-6-13/h3-4,7H,1-2,5-6H2,(H2,11,14). The van der Waals surface area contributed by atoms with Crippen LogP contribution in [0.1, 0.15) is 18.4 Å². The van der Waals surface area contributed by atoms with Crippen LogP contribution in [0.25, 0.3) is 0 Å². The van der Waals surface area contributed by atoms with Gasteiger partial charge in [0, 0.05) is 24.8 Å². The molecule has 0 bridgehead atoms. The third-order valence-corrected chi connectivity index (χ3v) is 2.73. The van der Waals surface area contributed by atoms with E-state index in [9.17, 15) is 0 Å². The quantitative estimate of drug-likeness (QED) is 0.743. The highest BCUT2D eigenvalue weighted by atomic mass is 32.1. The molecule has 0 aromatic carbocycles. The van der Waals surface area contributed by atoms with Crippen LogP contribution in [0, 0.1) is 0 Å². The van der Waals surface area contributed by atoms with Gasteiger partial charge in [-0.1, -0.05) is 12.2 Å². The number of anilines is 1. The fourth-order valence-electron chi connectivity index (χ4n) is 1.80. The van der Waals surface area contributed by atoms with Crippen molar-refractivity contribution in [2.75, 3.05) is 18.0 Å². The van der Waals surface area contributed by atoms with Crippen molar-refractivity contribution < 1.29 is 0 Å². The van der Waals surface area contributed by atoms with Gasteiger partial charge in [0.2, 0.25) is 0 Å². The Morgan fingerprint density at radius 3 is 2.79 bits per heavy atom. The molecule has 14 heavy (non-hydrogen) atoms. The van der Waals surface area contributed by atoms with E-state index < -0.39 is 0 Å². The van der Waals surface area contributed by atoms with Gasteiger partial charge >= 0.3 is 0 Å². The van der Waals surface area contributed by atoms with E-state index in [0.717, 1.165) is 24.3 Å². The third kappa shape index (κ3) is 1.70. The molecule has 3 nitrogen and oxygen atoms in total. The van der Waals surface area contributed by atoms with Crippen LogP contribution in [0.5, 0.6) is 0 Å². The highest BCUT2D eigenvalue weighted by Gasteiger charge is 2.16. The average molecular weight is 207 g/mol. The monoisotopic (exact) mass is 207 g/mol. The van der Waals surface area contributed by atoms with Crippen molar-refractivity contribution >= 4 is 22.9 Å². The van der Waals surface area contributed by atoms with Crippen molar-refractivity contribution in [2.24, 2.45) is 5.73 Å². The fraction of sp³-hybridized carbons (Fsp3) is 0.400. The molecule has 2 N–H and O–H groups in total. The molecule has 0 aliphatic carbocycles. The molecule has 0 saturated carbocycles.